The number of hydrogen-bond acceptors (Lipinski definition) is 6. The summed E-state index contributed by atoms with van der Waals surface area (Å²) < 4.78 is 0. The largest absolute Gasteiger partial charge is 0.373 e. The van der Waals surface area contributed by atoms with E-state index in [-0.39, 0.29) is 24.4 Å². The van der Waals surface area contributed by atoms with Gasteiger partial charge in [0.05, 0.1) is 6.54 Å². The number of nitrogens with zero attached hydrogens (tertiary/aromatic N) is 4. The van der Waals surface area contributed by atoms with Crippen molar-refractivity contribution in [1.29, 1.82) is 0 Å². The molecule has 2 rings (SSSR count). The lowest BCUT2D eigenvalue weighted by molar-refractivity contribution is -0.131. The van der Waals surface area contributed by atoms with E-state index in [1.54, 1.807) is 7.05 Å². The van der Waals surface area contributed by atoms with Gasteiger partial charge < -0.3 is 20.4 Å². The van der Waals surface area contributed by atoms with Crippen LogP contribution in [0.25, 0.3) is 0 Å². The van der Waals surface area contributed by atoms with Gasteiger partial charge in [-0.15, -0.1) is 0 Å². The molecule has 0 saturated carbocycles. The first-order valence-electron chi connectivity index (χ1n) is 7.95. The molecular weight excluding hydrogens is 308 g/mol. The Hall–Kier alpha value is -2.64. The van der Waals surface area contributed by atoms with Crippen LogP contribution in [0.3, 0.4) is 0 Å². The highest BCUT2D eigenvalue weighted by molar-refractivity contribution is 5.90. The van der Waals surface area contributed by atoms with E-state index in [9.17, 15) is 9.59 Å². The van der Waals surface area contributed by atoms with E-state index in [1.165, 1.54) is 17.3 Å². The molecule has 2 N–H and O–H groups in total. The second kappa shape index (κ2) is 8.28. The molecule has 1 aliphatic heterocycles. The minimum absolute atomic E-state index is 0.0228. The third kappa shape index (κ3) is 4.43. The second-order valence-corrected chi connectivity index (χ2v) is 5.70. The predicted octanol–water partition coefficient (Wildman–Crippen LogP) is 0.248. The van der Waals surface area contributed by atoms with Crippen molar-refractivity contribution in [2.45, 2.75) is 18.9 Å². The molecule has 1 aromatic heterocycles. The van der Waals surface area contributed by atoms with E-state index < -0.39 is 0 Å². The van der Waals surface area contributed by atoms with Gasteiger partial charge in [0.1, 0.15) is 18.0 Å². The Labute approximate surface area is 141 Å². The Morgan fingerprint density at radius 2 is 2.29 bits per heavy atom. The first kappa shape index (κ1) is 17.7. The van der Waals surface area contributed by atoms with E-state index in [0.717, 1.165) is 31.0 Å². The van der Waals surface area contributed by atoms with E-state index >= 15 is 0 Å². The number of carbonyl (C=O) groups excluding carboxylic acids is 2. The molecule has 2 amide bonds. The molecule has 0 aliphatic carbocycles. The standard InChI is InChI=1S/C16H24N6O2/c1-4-16(24)21(3)10-15(23)18-9-12-6-5-7-22(12)14-8-13(17-2)19-11-20-14/h4,8,11-12H,1,5-7,9-10H2,2-3H3,(H,18,23)(H,17,19,20). The van der Waals surface area contributed by atoms with Crippen molar-refractivity contribution >= 4 is 23.5 Å². The number of likely N-dealkylation sites (N-methyl/N-ethyl adjacent to an activating group) is 1. The number of hydrogen-bond donors (Lipinski definition) is 2. The molecule has 0 spiro atoms. The molecule has 8 nitrogen and oxygen atoms in total. The SMILES string of the molecule is C=CC(=O)N(C)CC(=O)NCC1CCCN1c1cc(NC)ncn1. The van der Waals surface area contributed by atoms with Crippen molar-refractivity contribution < 1.29 is 9.59 Å². The summed E-state index contributed by atoms with van der Waals surface area (Å²) >= 11 is 0. The first-order valence-corrected chi connectivity index (χ1v) is 7.95. The summed E-state index contributed by atoms with van der Waals surface area (Å²) in [6, 6.07) is 2.09. The van der Waals surface area contributed by atoms with Crippen LogP contribution in [0, 0.1) is 0 Å². The Balaban J connectivity index is 1.90. The van der Waals surface area contributed by atoms with Gasteiger partial charge in [0.25, 0.3) is 0 Å². The number of anilines is 2. The van der Waals surface area contributed by atoms with Crippen LogP contribution in [0.1, 0.15) is 12.8 Å². The highest BCUT2D eigenvalue weighted by atomic mass is 16.2. The summed E-state index contributed by atoms with van der Waals surface area (Å²) in [5.41, 5.74) is 0. The lowest BCUT2D eigenvalue weighted by Crippen LogP contribution is -2.44. The number of carbonyl (C=O) groups is 2. The third-order valence-electron chi connectivity index (χ3n) is 4.05. The van der Waals surface area contributed by atoms with Crippen LogP contribution in [0.15, 0.2) is 25.0 Å². The normalized spacial score (nSPS) is 16.6. The van der Waals surface area contributed by atoms with Gasteiger partial charge in [-0.3, -0.25) is 9.59 Å². The quantitative estimate of drug-likeness (QED) is 0.696. The summed E-state index contributed by atoms with van der Waals surface area (Å²) in [5.74, 6) is 1.16. The van der Waals surface area contributed by atoms with Crippen molar-refractivity contribution in [3.8, 4) is 0 Å². The molecule has 0 radical (unpaired) electrons. The molecule has 0 aromatic carbocycles. The summed E-state index contributed by atoms with van der Waals surface area (Å²) in [4.78, 5) is 35.3. The molecule has 1 atom stereocenters. The minimum atomic E-state index is -0.270. The van der Waals surface area contributed by atoms with Crippen LogP contribution in [-0.4, -0.2) is 66.5 Å². The van der Waals surface area contributed by atoms with Gasteiger partial charge in [0, 0.05) is 39.3 Å². The van der Waals surface area contributed by atoms with Gasteiger partial charge in [0.2, 0.25) is 11.8 Å². The topological polar surface area (TPSA) is 90.5 Å². The smallest absolute Gasteiger partial charge is 0.246 e. The molecule has 0 bridgehead atoms. The van der Waals surface area contributed by atoms with Crippen molar-refractivity contribution in [1.82, 2.24) is 20.2 Å². The lowest BCUT2D eigenvalue weighted by Gasteiger charge is -2.26. The molecular formula is C16H24N6O2. The van der Waals surface area contributed by atoms with Gasteiger partial charge >= 0.3 is 0 Å². The molecule has 1 unspecified atom stereocenters. The van der Waals surface area contributed by atoms with Crippen LogP contribution in [0.5, 0.6) is 0 Å². The molecule has 130 valence electrons. The van der Waals surface area contributed by atoms with E-state index in [4.69, 9.17) is 0 Å². The summed E-state index contributed by atoms with van der Waals surface area (Å²) in [6.07, 6.45) is 4.76. The average molecular weight is 332 g/mol. The first-order chi connectivity index (χ1) is 11.5. The number of amides is 2. The lowest BCUT2D eigenvalue weighted by atomic mass is 10.2. The van der Waals surface area contributed by atoms with E-state index in [1.807, 2.05) is 13.1 Å². The zero-order valence-electron chi connectivity index (χ0n) is 14.2. The zero-order valence-corrected chi connectivity index (χ0v) is 14.2. The van der Waals surface area contributed by atoms with Gasteiger partial charge in [-0.2, -0.15) is 0 Å². The fraction of sp³-hybridized carbons (Fsp3) is 0.500. The van der Waals surface area contributed by atoms with Gasteiger partial charge in [-0.1, -0.05) is 6.58 Å². The van der Waals surface area contributed by atoms with Gasteiger partial charge in [-0.25, -0.2) is 9.97 Å². The maximum atomic E-state index is 12.0. The minimum Gasteiger partial charge on any atom is -0.373 e. The number of aromatic nitrogens is 2. The summed E-state index contributed by atoms with van der Waals surface area (Å²) in [7, 11) is 3.39. The monoisotopic (exact) mass is 332 g/mol. The highest BCUT2D eigenvalue weighted by Crippen LogP contribution is 2.24. The van der Waals surface area contributed by atoms with E-state index in [2.05, 4.69) is 32.1 Å². The molecule has 1 saturated heterocycles. The fourth-order valence-corrected chi connectivity index (χ4v) is 2.73. The predicted molar refractivity (Wildman–Crippen MR) is 92.8 cm³/mol. The fourth-order valence-electron chi connectivity index (χ4n) is 2.73. The summed E-state index contributed by atoms with van der Waals surface area (Å²) in [6.45, 7) is 4.85. The van der Waals surface area contributed by atoms with Crippen LogP contribution < -0.4 is 15.5 Å². The molecule has 1 aliphatic rings. The van der Waals surface area contributed by atoms with E-state index in [0.29, 0.717) is 6.54 Å². The van der Waals surface area contributed by atoms with Crippen molar-refractivity contribution in [3.63, 3.8) is 0 Å². The molecule has 24 heavy (non-hydrogen) atoms. The van der Waals surface area contributed by atoms with Crippen LogP contribution in [0.2, 0.25) is 0 Å². The number of rotatable bonds is 7. The van der Waals surface area contributed by atoms with Crippen molar-refractivity contribution in [3.05, 3.63) is 25.0 Å². The Bertz CT molecular complexity index is 606. The highest BCUT2D eigenvalue weighted by Gasteiger charge is 2.26. The molecule has 2 heterocycles. The maximum absolute atomic E-state index is 12.0. The molecule has 8 heteroatoms. The molecule has 1 aromatic rings. The Kier molecular flexibility index (Phi) is 6.11. The maximum Gasteiger partial charge on any atom is 0.246 e. The van der Waals surface area contributed by atoms with Crippen LogP contribution >= 0.6 is 0 Å². The third-order valence-corrected chi connectivity index (χ3v) is 4.05. The van der Waals surface area contributed by atoms with Gasteiger partial charge in [0.15, 0.2) is 0 Å². The van der Waals surface area contributed by atoms with Gasteiger partial charge in [-0.05, 0) is 18.9 Å². The summed E-state index contributed by atoms with van der Waals surface area (Å²) in [5, 5.41) is 5.90. The average Bonchev–Trinajstić information content (AvgIpc) is 3.07. The van der Waals surface area contributed by atoms with Crippen molar-refractivity contribution in [2.24, 2.45) is 0 Å². The Morgan fingerprint density at radius 3 is 3.00 bits per heavy atom. The number of nitrogens with one attached hydrogen (secondary N) is 2. The second-order valence-electron chi connectivity index (χ2n) is 5.70. The molecule has 1 fully saturated rings. The zero-order chi connectivity index (χ0) is 17.5. The van der Waals surface area contributed by atoms with Crippen LogP contribution in [-0.2, 0) is 9.59 Å². The van der Waals surface area contributed by atoms with Crippen LogP contribution in [0.4, 0.5) is 11.6 Å². The Morgan fingerprint density at radius 1 is 1.50 bits per heavy atom. The van der Waals surface area contributed by atoms with Crippen molar-refractivity contribution in [2.75, 3.05) is 43.9 Å².